The van der Waals surface area contributed by atoms with Crippen LogP contribution in [-0.2, 0) is 4.84 Å². The van der Waals surface area contributed by atoms with Crippen LogP contribution in [0.5, 0.6) is 0 Å². The zero-order valence-electron chi connectivity index (χ0n) is 8.99. The number of hydroxylamine groups is 1. The fraction of sp³-hybridized carbons (Fsp3) is 0.500. The average molecular weight is 193 g/mol. The molecule has 0 heterocycles. The monoisotopic (exact) mass is 193 g/mol. The van der Waals surface area contributed by atoms with Gasteiger partial charge < -0.3 is 4.84 Å². The fourth-order valence-corrected chi connectivity index (χ4v) is 1.45. The number of rotatable bonds is 6. The Labute approximate surface area is 86.2 Å². The topological polar surface area (TPSA) is 21.3 Å². The normalized spacial score (nSPS) is 12.7. The summed E-state index contributed by atoms with van der Waals surface area (Å²) in [5.74, 6) is 0. The molecule has 14 heavy (non-hydrogen) atoms. The van der Waals surface area contributed by atoms with Gasteiger partial charge in [-0.2, -0.15) is 5.48 Å². The van der Waals surface area contributed by atoms with E-state index in [4.69, 9.17) is 4.84 Å². The van der Waals surface area contributed by atoms with Crippen LogP contribution < -0.4 is 5.48 Å². The lowest BCUT2D eigenvalue weighted by molar-refractivity contribution is 0.0216. The maximum absolute atomic E-state index is 5.25. The smallest absolute Gasteiger partial charge is 0.0654 e. The second-order valence-electron chi connectivity index (χ2n) is 3.30. The Balaban J connectivity index is 2.58. The van der Waals surface area contributed by atoms with Crippen molar-refractivity contribution in [3.63, 3.8) is 0 Å². The third kappa shape index (κ3) is 3.48. The highest BCUT2D eigenvalue weighted by atomic mass is 16.6. The van der Waals surface area contributed by atoms with E-state index in [1.54, 1.807) is 0 Å². The predicted octanol–water partition coefficient (Wildman–Crippen LogP) is 3.07. The summed E-state index contributed by atoms with van der Waals surface area (Å²) in [7, 11) is 0. The third-order valence-corrected chi connectivity index (χ3v) is 2.15. The molecule has 2 nitrogen and oxygen atoms in total. The second-order valence-corrected chi connectivity index (χ2v) is 3.30. The van der Waals surface area contributed by atoms with Crippen molar-refractivity contribution in [2.45, 2.75) is 32.7 Å². The number of hydrogen-bond acceptors (Lipinski definition) is 2. The molecule has 0 aliphatic carbocycles. The van der Waals surface area contributed by atoms with E-state index in [-0.39, 0.29) is 0 Å². The summed E-state index contributed by atoms with van der Waals surface area (Å²) < 4.78 is 0. The van der Waals surface area contributed by atoms with E-state index in [1.165, 1.54) is 5.56 Å². The minimum Gasteiger partial charge on any atom is -0.302 e. The summed E-state index contributed by atoms with van der Waals surface area (Å²) in [6.07, 6.45) is 2.25. The minimum atomic E-state index is 0.321. The van der Waals surface area contributed by atoms with Gasteiger partial charge in [0.15, 0.2) is 0 Å². The molecule has 0 aromatic heterocycles. The first-order valence-electron chi connectivity index (χ1n) is 5.30. The van der Waals surface area contributed by atoms with Gasteiger partial charge in [0.05, 0.1) is 12.6 Å². The Morgan fingerprint density at radius 1 is 1.21 bits per heavy atom. The first-order chi connectivity index (χ1) is 6.88. The van der Waals surface area contributed by atoms with E-state index in [1.807, 2.05) is 13.0 Å². The van der Waals surface area contributed by atoms with Crippen LogP contribution in [0.2, 0.25) is 0 Å². The Bertz CT molecular complexity index is 235. The molecule has 78 valence electrons. The van der Waals surface area contributed by atoms with Crippen LogP contribution in [0.1, 0.15) is 38.3 Å². The molecule has 0 radical (unpaired) electrons. The average Bonchev–Trinajstić information content (AvgIpc) is 2.25. The first kappa shape index (κ1) is 11.2. The van der Waals surface area contributed by atoms with E-state index < -0.39 is 0 Å². The van der Waals surface area contributed by atoms with Gasteiger partial charge in [-0.25, -0.2) is 0 Å². The van der Waals surface area contributed by atoms with E-state index in [9.17, 15) is 0 Å². The van der Waals surface area contributed by atoms with Crippen molar-refractivity contribution < 1.29 is 4.84 Å². The summed E-state index contributed by atoms with van der Waals surface area (Å²) in [4.78, 5) is 5.25. The molecule has 0 saturated carbocycles. The zero-order chi connectivity index (χ0) is 10.2. The molecule has 1 rings (SSSR count). The molecule has 0 spiro atoms. The highest BCUT2D eigenvalue weighted by Crippen LogP contribution is 2.17. The number of benzene rings is 1. The molecule has 0 aliphatic heterocycles. The van der Waals surface area contributed by atoms with Crippen LogP contribution >= 0.6 is 0 Å². The molecular weight excluding hydrogens is 174 g/mol. The lowest BCUT2D eigenvalue weighted by Gasteiger charge is -2.17. The van der Waals surface area contributed by atoms with Crippen LogP contribution in [0.4, 0.5) is 0 Å². The fourth-order valence-electron chi connectivity index (χ4n) is 1.45. The summed E-state index contributed by atoms with van der Waals surface area (Å²) in [6, 6.07) is 10.7. The molecule has 1 atom stereocenters. The van der Waals surface area contributed by atoms with E-state index in [2.05, 4.69) is 36.7 Å². The SMILES string of the molecule is CCCC(NOCC)c1ccccc1. The Morgan fingerprint density at radius 3 is 2.50 bits per heavy atom. The number of nitrogens with one attached hydrogen (secondary N) is 1. The molecular formula is C12H19NO. The Morgan fingerprint density at radius 2 is 1.93 bits per heavy atom. The molecule has 0 saturated heterocycles. The van der Waals surface area contributed by atoms with Crippen LogP contribution in [0.15, 0.2) is 30.3 Å². The lowest BCUT2D eigenvalue weighted by atomic mass is 10.0. The van der Waals surface area contributed by atoms with Gasteiger partial charge in [0.1, 0.15) is 0 Å². The first-order valence-corrected chi connectivity index (χ1v) is 5.30. The minimum absolute atomic E-state index is 0.321. The highest BCUT2D eigenvalue weighted by Gasteiger charge is 2.08. The van der Waals surface area contributed by atoms with E-state index in [0.29, 0.717) is 12.6 Å². The predicted molar refractivity (Wildman–Crippen MR) is 58.9 cm³/mol. The van der Waals surface area contributed by atoms with Crippen LogP contribution in [-0.4, -0.2) is 6.61 Å². The quantitative estimate of drug-likeness (QED) is 0.701. The maximum Gasteiger partial charge on any atom is 0.0654 e. The van der Waals surface area contributed by atoms with Gasteiger partial charge in [-0.05, 0) is 18.9 Å². The Kier molecular flexibility index (Phi) is 5.27. The molecule has 1 unspecified atom stereocenters. The van der Waals surface area contributed by atoms with Gasteiger partial charge in [0.25, 0.3) is 0 Å². The van der Waals surface area contributed by atoms with Crippen LogP contribution in [0.3, 0.4) is 0 Å². The molecule has 0 amide bonds. The summed E-state index contributed by atoms with van der Waals surface area (Å²) in [5, 5.41) is 0. The summed E-state index contributed by atoms with van der Waals surface area (Å²) in [5.41, 5.74) is 4.38. The van der Waals surface area contributed by atoms with Crippen LogP contribution in [0.25, 0.3) is 0 Å². The maximum atomic E-state index is 5.25. The largest absolute Gasteiger partial charge is 0.302 e. The van der Waals surface area contributed by atoms with Crippen molar-refractivity contribution in [3.8, 4) is 0 Å². The van der Waals surface area contributed by atoms with Gasteiger partial charge in [0, 0.05) is 0 Å². The van der Waals surface area contributed by atoms with Crippen molar-refractivity contribution in [1.82, 2.24) is 5.48 Å². The van der Waals surface area contributed by atoms with Gasteiger partial charge in [-0.15, -0.1) is 0 Å². The molecule has 1 N–H and O–H groups in total. The van der Waals surface area contributed by atoms with Gasteiger partial charge in [0.2, 0.25) is 0 Å². The third-order valence-electron chi connectivity index (χ3n) is 2.15. The molecule has 1 aromatic carbocycles. The van der Waals surface area contributed by atoms with Crippen molar-refractivity contribution >= 4 is 0 Å². The lowest BCUT2D eigenvalue weighted by Crippen LogP contribution is -2.21. The molecule has 0 fully saturated rings. The highest BCUT2D eigenvalue weighted by molar-refractivity contribution is 5.18. The molecule has 0 bridgehead atoms. The van der Waals surface area contributed by atoms with Crippen molar-refractivity contribution in [1.29, 1.82) is 0 Å². The van der Waals surface area contributed by atoms with E-state index in [0.717, 1.165) is 12.8 Å². The standard InChI is InChI=1S/C12H19NO/c1-3-8-12(13-14-4-2)11-9-6-5-7-10-11/h5-7,9-10,12-13H,3-4,8H2,1-2H3. The summed E-state index contributed by atoms with van der Waals surface area (Å²) in [6.45, 7) is 4.87. The van der Waals surface area contributed by atoms with Crippen molar-refractivity contribution in [2.75, 3.05) is 6.61 Å². The van der Waals surface area contributed by atoms with Gasteiger partial charge >= 0.3 is 0 Å². The second kappa shape index (κ2) is 6.57. The Hall–Kier alpha value is -0.860. The van der Waals surface area contributed by atoms with Gasteiger partial charge in [-0.3, -0.25) is 0 Å². The summed E-state index contributed by atoms with van der Waals surface area (Å²) >= 11 is 0. The zero-order valence-corrected chi connectivity index (χ0v) is 8.99. The number of hydrogen-bond donors (Lipinski definition) is 1. The van der Waals surface area contributed by atoms with Crippen molar-refractivity contribution in [3.05, 3.63) is 35.9 Å². The molecule has 0 aliphatic rings. The van der Waals surface area contributed by atoms with E-state index >= 15 is 0 Å². The van der Waals surface area contributed by atoms with Crippen LogP contribution in [0, 0.1) is 0 Å². The van der Waals surface area contributed by atoms with Gasteiger partial charge in [-0.1, -0.05) is 43.7 Å². The van der Waals surface area contributed by atoms with Crippen molar-refractivity contribution in [2.24, 2.45) is 0 Å². The molecule has 1 aromatic rings. The molecule has 2 heteroatoms.